The maximum absolute atomic E-state index is 17.8. The van der Waals surface area contributed by atoms with Crippen LogP contribution in [0.2, 0.25) is 0 Å². The molecule has 0 heterocycles. The standard InChI is InChI=1S/C60H4F38/c61-11-3-9(16-38(76)52(90)58(96)53(91)39(16)77)29(67)40(78)17(11)18-25(63)5(1-7(27(18)65)13-32(70)34(72)15(35(73)33(13)71)10-4-12(62)31(69)51(89)30(10)68)6-2-8(14-36(74)41(79)21(42(80)37(14)75)23-47(85)54(92)59(97)55(93)48(23)86)28(66)19(26(6)64)20-43(81)45(83)22(46(84)44(20)82)24-49(87)56(94)60(98)57(95)50(24)88/h1-4H. The molecule has 0 aromatic heterocycles. The van der Waals surface area contributed by atoms with Crippen molar-refractivity contribution in [2.24, 2.45) is 0 Å². The van der Waals surface area contributed by atoms with Crippen LogP contribution in [0, 0.1) is 221 Å². The molecule has 10 aromatic rings. The van der Waals surface area contributed by atoms with E-state index < -0.39 is 345 Å². The number of rotatable bonds is 9. The molecule has 0 aliphatic heterocycles. The molecule has 98 heavy (non-hydrogen) atoms. The third kappa shape index (κ3) is 9.82. The van der Waals surface area contributed by atoms with E-state index in [1.165, 1.54) is 0 Å². The maximum atomic E-state index is 17.8. The van der Waals surface area contributed by atoms with Crippen LogP contribution in [0.3, 0.4) is 0 Å². The lowest BCUT2D eigenvalue weighted by molar-refractivity contribution is 0.379. The summed E-state index contributed by atoms with van der Waals surface area (Å²) in [6.45, 7) is 0. The quantitative estimate of drug-likeness (QED) is 0.0768. The van der Waals surface area contributed by atoms with Crippen LogP contribution in [-0.2, 0) is 0 Å². The van der Waals surface area contributed by atoms with Gasteiger partial charge in [0, 0.05) is 33.4 Å². The first kappa shape index (κ1) is 70.3. The molecule has 0 atom stereocenters. The Kier molecular flexibility index (Phi) is 17.4. The van der Waals surface area contributed by atoms with Crippen molar-refractivity contribution in [2.75, 3.05) is 0 Å². The molecular formula is C60H4F38. The van der Waals surface area contributed by atoms with Crippen molar-refractivity contribution in [1.82, 2.24) is 0 Å². The first-order valence-electron chi connectivity index (χ1n) is 24.7. The number of hydrogen-bond acceptors (Lipinski definition) is 0. The van der Waals surface area contributed by atoms with E-state index in [-0.39, 0.29) is 0 Å². The van der Waals surface area contributed by atoms with Gasteiger partial charge in [0.15, 0.2) is 175 Å². The lowest BCUT2D eigenvalue weighted by Gasteiger charge is -2.22. The Morgan fingerprint density at radius 3 is 0.500 bits per heavy atom. The molecule has 0 unspecified atom stereocenters. The summed E-state index contributed by atoms with van der Waals surface area (Å²) in [5.41, 5.74) is -54.6. The summed E-state index contributed by atoms with van der Waals surface area (Å²) < 4.78 is 592. The van der Waals surface area contributed by atoms with Crippen molar-refractivity contribution in [1.29, 1.82) is 0 Å². The highest BCUT2D eigenvalue weighted by molar-refractivity contribution is 5.91. The van der Waals surface area contributed by atoms with Gasteiger partial charge in [0.1, 0.15) is 29.1 Å². The van der Waals surface area contributed by atoms with Crippen LogP contribution < -0.4 is 0 Å². The SMILES string of the molecule is Fc1cc(-c2c(F)c(F)c(-c3cc(-c4cc(-c5c(F)c(F)c(-c6c(F)c(F)c(F)c(F)c6F)c(F)c5F)c(F)c(-c5c(F)c(F)c(-c6c(F)c(F)c(F)c(F)c6F)c(F)c5F)c4F)c(F)c(-c4c(F)cc(-c5c(F)c(F)c(F)c(F)c5F)c(F)c4F)c3F)c(F)c2F)c(F)c(F)c1F. The third-order valence-electron chi connectivity index (χ3n) is 14.4. The van der Waals surface area contributed by atoms with Gasteiger partial charge in [-0.3, -0.25) is 0 Å². The lowest BCUT2D eigenvalue weighted by atomic mass is 9.85. The second-order valence-electron chi connectivity index (χ2n) is 19.6. The van der Waals surface area contributed by atoms with Gasteiger partial charge in [-0.15, -0.1) is 0 Å². The van der Waals surface area contributed by atoms with E-state index in [4.69, 9.17) is 0 Å². The fraction of sp³-hybridized carbons (Fsp3) is 0. The first-order chi connectivity index (χ1) is 45.5. The van der Waals surface area contributed by atoms with E-state index in [1.54, 1.807) is 0 Å². The number of benzene rings is 10. The highest BCUT2D eigenvalue weighted by Gasteiger charge is 2.43. The van der Waals surface area contributed by atoms with Crippen LogP contribution in [0.5, 0.6) is 0 Å². The smallest absolute Gasteiger partial charge is 0.200 e. The minimum absolute atomic E-state index is 0.781. The van der Waals surface area contributed by atoms with Crippen LogP contribution in [0.4, 0.5) is 167 Å². The Hall–Kier alpha value is -10.5. The Morgan fingerprint density at radius 2 is 0.235 bits per heavy atom. The fourth-order valence-electron chi connectivity index (χ4n) is 9.98. The molecular weight excluding hydrogens is 1440 g/mol. The van der Waals surface area contributed by atoms with E-state index in [1.807, 2.05) is 0 Å². The molecule has 0 saturated heterocycles. The second kappa shape index (κ2) is 24.3. The molecule has 0 aliphatic rings. The predicted molar refractivity (Wildman–Crippen MR) is 254 cm³/mol. The van der Waals surface area contributed by atoms with Gasteiger partial charge in [-0.2, -0.15) is 0 Å². The van der Waals surface area contributed by atoms with Crippen molar-refractivity contribution < 1.29 is 167 Å². The van der Waals surface area contributed by atoms with Gasteiger partial charge in [-0.25, -0.2) is 167 Å². The van der Waals surface area contributed by atoms with E-state index in [0.717, 1.165) is 0 Å². The molecule has 0 N–H and O–H groups in total. The largest absolute Gasteiger partial charge is 0.206 e. The summed E-state index contributed by atoms with van der Waals surface area (Å²) in [5, 5.41) is 0. The average molecular weight is 1450 g/mol. The summed E-state index contributed by atoms with van der Waals surface area (Å²) in [7, 11) is 0. The Labute approximate surface area is 511 Å². The minimum Gasteiger partial charge on any atom is -0.206 e. The number of halogens is 38. The lowest BCUT2D eigenvalue weighted by Crippen LogP contribution is -2.12. The van der Waals surface area contributed by atoms with Crippen LogP contribution in [-0.4, -0.2) is 0 Å². The summed E-state index contributed by atoms with van der Waals surface area (Å²) in [6.07, 6.45) is 0. The van der Waals surface area contributed by atoms with Crippen molar-refractivity contribution >= 4 is 0 Å². The molecule has 0 amide bonds. The highest BCUT2D eigenvalue weighted by Crippen LogP contribution is 2.52. The van der Waals surface area contributed by atoms with Gasteiger partial charge in [-0.05, 0) is 24.3 Å². The zero-order chi connectivity index (χ0) is 73.2. The summed E-state index contributed by atoms with van der Waals surface area (Å²) in [4.78, 5) is 0. The van der Waals surface area contributed by atoms with Gasteiger partial charge in [0.25, 0.3) is 0 Å². The highest BCUT2D eigenvalue weighted by atomic mass is 19.2. The molecule has 0 radical (unpaired) electrons. The Balaban J connectivity index is 1.42. The zero-order valence-corrected chi connectivity index (χ0v) is 44.7. The average Bonchev–Trinajstić information content (AvgIpc) is 0.736. The van der Waals surface area contributed by atoms with Crippen molar-refractivity contribution in [2.45, 2.75) is 0 Å². The third-order valence-corrected chi connectivity index (χ3v) is 14.4. The van der Waals surface area contributed by atoms with Gasteiger partial charge in [-0.1, -0.05) is 0 Å². The summed E-state index contributed by atoms with van der Waals surface area (Å²) in [5.74, 6) is -128. The fourth-order valence-corrected chi connectivity index (χ4v) is 9.98. The zero-order valence-electron chi connectivity index (χ0n) is 44.7. The van der Waals surface area contributed by atoms with Crippen LogP contribution in [0.15, 0.2) is 24.3 Å². The summed E-state index contributed by atoms with van der Waals surface area (Å²) >= 11 is 0. The Morgan fingerprint density at radius 1 is 0.0918 bits per heavy atom. The Bertz CT molecular complexity index is 5130. The molecule has 10 aromatic carbocycles. The molecule has 0 aliphatic carbocycles. The summed E-state index contributed by atoms with van der Waals surface area (Å²) in [6, 6.07) is -4.08. The van der Waals surface area contributed by atoms with Crippen molar-refractivity contribution in [3.05, 3.63) is 245 Å². The van der Waals surface area contributed by atoms with Gasteiger partial charge >= 0.3 is 0 Å². The molecule has 0 saturated carbocycles. The van der Waals surface area contributed by atoms with Gasteiger partial charge in [0.2, 0.25) is 17.5 Å². The molecule has 0 fully saturated rings. The second-order valence-corrected chi connectivity index (χ2v) is 19.6. The molecule has 0 spiro atoms. The maximum Gasteiger partial charge on any atom is 0.200 e. The van der Waals surface area contributed by atoms with Gasteiger partial charge < -0.3 is 0 Å². The van der Waals surface area contributed by atoms with E-state index in [0.29, 0.717) is 0 Å². The van der Waals surface area contributed by atoms with E-state index in [9.17, 15) is 65.9 Å². The number of hydrogen-bond donors (Lipinski definition) is 0. The normalized spacial score (nSPS) is 11.8. The molecule has 38 heteroatoms. The predicted octanol–water partition coefficient (Wildman–Crippen LogP) is 22.0. The minimum atomic E-state index is -3.79. The van der Waals surface area contributed by atoms with Crippen molar-refractivity contribution in [3.63, 3.8) is 0 Å². The van der Waals surface area contributed by atoms with E-state index >= 15 is 101 Å². The van der Waals surface area contributed by atoms with Crippen LogP contribution >= 0.6 is 0 Å². The molecule has 0 bridgehead atoms. The van der Waals surface area contributed by atoms with E-state index in [2.05, 4.69) is 0 Å². The van der Waals surface area contributed by atoms with Crippen LogP contribution in [0.25, 0.3) is 100 Å². The molecule has 510 valence electrons. The first-order valence-corrected chi connectivity index (χ1v) is 24.7. The topological polar surface area (TPSA) is 0 Å². The molecule has 0 nitrogen and oxygen atoms in total. The molecule has 10 rings (SSSR count). The van der Waals surface area contributed by atoms with Crippen molar-refractivity contribution in [3.8, 4) is 100 Å². The van der Waals surface area contributed by atoms with Gasteiger partial charge in [0.05, 0.1) is 66.8 Å². The van der Waals surface area contributed by atoms with Crippen LogP contribution in [0.1, 0.15) is 0 Å². The monoisotopic (exact) mass is 1450 g/mol.